The van der Waals surface area contributed by atoms with Crippen molar-refractivity contribution >= 4 is 11.9 Å². The van der Waals surface area contributed by atoms with E-state index in [0.29, 0.717) is 29.7 Å². The zero-order valence-electron chi connectivity index (χ0n) is 14.4. The van der Waals surface area contributed by atoms with Crippen molar-refractivity contribution in [1.82, 2.24) is 0 Å². The Balaban J connectivity index is 0.00000288. The van der Waals surface area contributed by atoms with Gasteiger partial charge in [0.2, 0.25) is 0 Å². The number of ether oxygens (including phenoxy) is 2. The zero-order chi connectivity index (χ0) is 17.1. The summed E-state index contributed by atoms with van der Waals surface area (Å²) < 4.78 is 10.4. The molecule has 0 spiro atoms. The number of hydrogen-bond acceptors (Lipinski definition) is 6. The van der Waals surface area contributed by atoms with Gasteiger partial charge in [-0.2, -0.15) is 0 Å². The molecule has 0 saturated carbocycles. The number of benzene rings is 1. The van der Waals surface area contributed by atoms with Crippen LogP contribution in [0.5, 0.6) is 11.5 Å². The van der Waals surface area contributed by atoms with Gasteiger partial charge in [-0.05, 0) is 38.7 Å². The van der Waals surface area contributed by atoms with Crippen LogP contribution in [0, 0.1) is 6.92 Å². The van der Waals surface area contributed by atoms with E-state index in [1.54, 1.807) is 6.92 Å². The van der Waals surface area contributed by atoms with Crippen molar-refractivity contribution < 1.29 is 58.8 Å². The van der Waals surface area contributed by atoms with E-state index in [-0.39, 0.29) is 53.9 Å². The number of phenolic OH excluding ortho intramolecular Hbond substituents is 1. The van der Waals surface area contributed by atoms with Crippen LogP contribution < -0.4 is 39.4 Å². The number of phenols is 1. The molecule has 0 radical (unpaired) electrons. The fourth-order valence-electron chi connectivity index (χ4n) is 2.71. The predicted molar refractivity (Wildman–Crippen MR) is 80.2 cm³/mol. The number of methoxy groups -OCH3 is 1. The maximum atomic E-state index is 11.8. The first-order chi connectivity index (χ1) is 10.9. The number of carboxylic acids is 1. The molecule has 0 bridgehead atoms. The molecule has 1 aromatic carbocycles. The number of allylic oxidation sites excluding steroid dienone is 2. The molecule has 1 heterocycles. The summed E-state index contributed by atoms with van der Waals surface area (Å²) >= 11 is 0. The fourth-order valence-corrected chi connectivity index (χ4v) is 2.71. The van der Waals surface area contributed by atoms with E-state index < -0.39 is 11.9 Å². The number of rotatable bonds is 6. The minimum atomic E-state index is -1.10. The second-order valence-electron chi connectivity index (χ2n) is 5.54. The molecule has 0 unspecified atom stereocenters. The first kappa shape index (κ1) is 20.5. The van der Waals surface area contributed by atoms with Gasteiger partial charge in [-0.1, -0.05) is 11.6 Å². The van der Waals surface area contributed by atoms with E-state index in [1.807, 2.05) is 13.0 Å². The Bertz CT molecular complexity index is 693. The first-order valence-electron chi connectivity index (χ1n) is 7.30. The standard InChI is InChI=1S/C17H20O6.Na/c1-9(5-7-13(18)19)4-6-11-15(20)14-12(8-23-17(14)21)10(2)16(11)22-3;/h4,20H,5-8H2,1-3H3,(H,18,19);/q;+1/p-1. The van der Waals surface area contributed by atoms with Crippen molar-refractivity contribution in [3.8, 4) is 11.5 Å². The third-order valence-corrected chi connectivity index (χ3v) is 4.03. The molecule has 1 aliphatic heterocycles. The summed E-state index contributed by atoms with van der Waals surface area (Å²) in [4.78, 5) is 22.3. The van der Waals surface area contributed by atoms with Crippen molar-refractivity contribution in [2.45, 2.75) is 39.7 Å². The second kappa shape index (κ2) is 8.55. The van der Waals surface area contributed by atoms with Crippen LogP contribution in [0.4, 0.5) is 0 Å². The molecule has 1 N–H and O–H groups in total. The Hall–Kier alpha value is -1.50. The van der Waals surface area contributed by atoms with Gasteiger partial charge in [-0.3, -0.25) is 0 Å². The maximum Gasteiger partial charge on any atom is 1.00 e. The molecule has 0 atom stereocenters. The van der Waals surface area contributed by atoms with Gasteiger partial charge in [0.1, 0.15) is 23.7 Å². The topological polar surface area (TPSA) is 95.9 Å². The summed E-state index contributed by atoms with van der Waals surface area (Å²) in [6.45, 7) is 3.75. The second-order valence-corrected chi connectivity index (χ2v) is 5.54. The Kier molecular flexibility index (Phi) is 7.32. The predicted octanol–water partition coefficient (Wildman–Crippen LogP) is -1.60. The van der Waals surface area contributed by atoms with E-state index in [9.17, 15) is 19.8 Å². The maximum absolute atomic E-state index is 11.8. The van der Waals surface area contributed by atoms with Crippen LogP contribution in [0.1, 0.15) is 46.8 Å². The summed E-state index contributed by atoms with van der Waals surface area (Å²) in [5.74, 6) is -1.26. The molecule has 124 valence electrons. The number of hydrogen-bond donors (Lipinski definition) is 1. The van der Waals surface area contributed by atoms with Crippen molar-refractivity contribution in [2.24, 2.45) is 0 Å². The van der Waals surface area contributed by atoms with Gasteiger partial charge < -0.3 is 24.5 Å². The van der Waals surface area contributed by atoms with Crippen LogP contribution >= 0.6 is 0 Å². The SMILES string of the molecule is COc1c(C)c2c(c(O)c1CC=C(C)CCC(=O)[O-])C(=O)OC2.[Na+]. The van der Waals surface area contributed by atoms with E-state index in [4.69, 9.17) is 9.47 Å². The van der Waals surface area contributed by atoms with Gasteiger partial charge in [0, 0.05) is 17.1 Å². The van der Waals surface area contributed by atoms with Crippen LogP contribution in [0.15, 0.2) is 11.6 Å². The Morgan fingerprint density at radius 1 is 1.42 bits per heavy atom. The summed E-state index contributed by atoms with van der Waals surface area (Å²) in [5.41, 5.74) is 2.96. The van der Waals surface area contributed by atoms with Crippen molar-refractivity contribution in [2.75, 3.05) is 7.11 Å². The molecule has 7 heteroatoms. The molecule has 2 rings (SSSR count). The molecule has 0 aliphatic carbocycles. The monoisotopic (exact) mass is 342 g/mol. The Morgan fingerprint density at radius 2 is 2.08 bits per heavy atom. The van der Waals surface area contributed by atoms with Crippen LogP contribution in [0.3, 0.4) is 0 Å². The smallest absolute Gasteiger partial charge is 0.550 e. The molecule has 0 amide bonds. The average molecular weight is 342 g/mol. The molecule has 24 heavy (non-hydrogen) atoms. The average Bonchev–Trinajstić information content (AvgIpc) is 2.89. The summed E-state index contributed by atoms with van der Waals surface area (Å²) in [7, 11) is 1.50. The molecule has 0 saturated heterocycles. The summed E-state index contributed by atoms with van der Waals surface area (Å²) in [6.07, 6.45) is 2.46. The molecule has 1 aromatic rings. The van der Waals surface area contributed by atoms with Crippen molar-refractivity contribution in [1.29, 1.82) is 0 Å². The molecule has 0 fully saturated rings. The number of aliphatic carboxylic acids is 1. The minimum absolute atomic E-state index is 0. The molecule has 6 nitrogen and oxygen atoms in total. The van der Waals surface area contributed by atoms with Gasteiger partial charge >= 0.3 is 35.5 Å². The normalized spacial score (nSPS) is 13.1. The van der Waals surface area contributed by atoms with E-state index >= 15 is 0 Å². The van der Waals surface area contributed by atoms with Gasteiger partial charge in [-0.25, -0.2) is 4.79 Å². The van der Waals surface area contributed by atoms with Crippen LogP contribution in [0.2, 0.25) is 0 Å². The first-order valence-corrected chi connectivity index (χ1v) is 7.30. The fraction of sp³-hybridized carbons (Fsp3) is 0.412. The molecular weight excluding hydrogens is 323 g/mol. The number of cyclic esters (lactones) is 1. The van der Waals surface area contributed by atoms with E-state index in [2.05, 4.69) is 0 Å². The van der Waals surface area contributed by atoms with Crippen molar-refractivity contribution in [3.05, 3.63) is 33.9 Å². The van der Waals surface area contributed by atoms with Crippen LogP contribution in [0.25, 0.3) is 0 Å². The van der Waals surface area contributed by atoms with E-state index in [0.717, 1.165) is 11.1 Å². The van der Waals surface area contributed by atoms with Gasteiger partial charge in [0.15, 0.2) is 0 Å². The van der Waals surface area contributed by atoms with Crippen LogP contribution in [-0.4, -0.2) is 24.2 Å². The largest absolute Gasteiger partial charge is 1.00 e. The van der Waals surface area contributed by atoms with E-state index in [1.165, 1.54) is 7.11 Å². The third-order valence-electron chi connectivity index (χ3n) is 4.03. The number of carbonyl (C=O) groups excluding carboxylic acids is 2. The third kappa shape index (κ3) is 4.12. The number of esters is 1. The van der Waals surface area contributed by atoms with Crippen molar-refractivity contribution in [3.63, 3.8) is 0 Å². The molecule has 1 aliphatic rings. The summed E-state index contributed by atoms with van der Waals surface area (Å²) in [5, 5.41) is 20.9. The Labute approximate surface area is 162 Å². The van der Waals surface area contributed by atoms with Crippen LogP contribution in [-0.2, 0) is 22.6 Å². The number of carboxylic acid groups (broad SMARTS) is 1. The van der Waals surface area contributed by atoms with Gasteiger partial charge in [0.05, 0.1) is 7.11 Å². The number of carbonyl (C=O) groups is 2. The van der Waals surface area contributed by atoms with Gasteiger partial charge in [0.25, 0.3) is 0 Å². The van der Waals surface area contributed by atoms with Gasteiger partial charge in [-0.15, -0.1) is 0 Å². The quantitative estimate of drug-likeness (QED) is 0.380. The number of aromatic hydroxyl groups is 1. The summed E-state index contributed by atoms with van der Waals surface area (Å²) in [6, 6.07) is 0. The minimum Gasteiger partial charge on any atom is -0.550 e. The molecule has 0 aromatic heterocycles. The number of fused-ring (bicyclic) bond motifs is 1. The zero-order valence-corrected chi connectivity index (χ0v) is 16.4. The Morgan fingerprint density at radius 3 is 2.67 bits per heavy atom. The molecular formula is C17H19NaO6.